The average molecular weight is 536 g/mol. The van der Waals surface area contributed by atoms with Gasteiger partial charge in [-0.2, -0.15) is 18.4 Å². The van der Waals surface area contributed by atoms with Gasteiger partial charge in [-0.05, 0) is 31.0 Å². The summed E-state index contributed by atoms with van der Waals surface area (Å²) >= 11 is 0. The first-order chi connectivity index (χ1) is 18.8. The second kappa shape index (κ2) is 9.46. The lowest BCUT2D eigenvalue weighted by Gasteiger charge is -2.54. The molecule has 4 aromatic heterocycles. The molecule has 6 rings (SSSR count). The number of aromatic nitrogens is 6. The van der Waals surface area contributed by atoms with Crippen LogP contribution in [-0.2, 0) is 11.7 Å². The van der Waals surface area contributed by atoms with Gasteiger partial charge in [0, 0.05) is 68.0 Å². The van der Waals surface area contributed by atoms with E-state index in [1.165, 1.54) is 12.4 Å². The molecule has 2 aliphatic heterocycles. The number of likely N-dealkylation sites (tertiary alicyclic amines) is 2. The van der Waals surface area contributed by atoms with Gasteiger partial charge in [0.05, 0.1) is 23.7 Å². The third-order valence-corrected chi connectivity index (χ3v) is 7.67. The minimum absolute atomic E-state index is 0.216. The zero-order chi connectivity index (χ0) is 27.2. The van der Waals surface area contributed by atoms with Gasteiger partial charge in [0.1, 0.15) is 17.7 Å². The summed E-state index contributed by atoms with van der Waals surface area (Å²) in [5, 5.41) is 10.5. The number of carbonyl (C=O) groups is 1. The SMILES string of the molecule is N#CCC1(n2ccc(-c3ncnc4[nH]ccc34)c2)CN(C2CCN(C(=O)c3ccnc(C(F)(F)F)n3)CC2)C1. The number of rotatable bonds is 5. The van der Waals surface area contributed by atoms with E-state index in [1.807, 2.05) is 30.7 Å². The number of halogens is 3. The van der Waals surface area contributed by atoms with Crippen molar-refractivity contribution in [2.75, 3.05) is 26.2 Å². The monoisotopic (exact) mass is 535 g/mol. The fourth-order valence-corrected chi connectivity index (χ4v) is 5.63. The summed E-state index contributed by atoms with van der Waals surface area (Å²) < 4.78 is 41.0. The van der Waals surface area contributed by atoms with E-state index in [4.69, 9.17) is 0 Å². The number of piperidine rings is 1. The molecule has 0 unspecified atom stereocenters. The summed E-state index contributed by atoms with van der Waals surface area (Å²) in [6.45, 7) is 2.23. The van der Waals surface area contributed by atoms with E-state index in [0.717, 1.165) is 28.5 Å². The first kappa shape index (κ1) is 25.0. The highest BCUT2D eigenvalue weighted by Gasteiger charge is 2.47. The Bertz CT molecular complexity index is 1560. The molecule has 2 saturated heterocycles. The van der Waals surface area contributed by atoms with E-state index >= 15 is 0 Å². The lowest BCUT2D eigenvalue weighted by Crippen LogP contribution is -2.66. The maximum Gasteiger partial charge on any atom is 0.451 e. The number of nitriles is 1. The van der Waals surface area contributed by atoms with Crippen LogP contribution in [0.5, 0.6) is 0 Å². The largest absolute Gasteiger partial charge is 0.451 e. The molecule has 1 amide bonds. The van der Waals surface area contributed by atoms with Gasteiger partial charge in [0.15, 0.2) is 0 Å². The van der Waals surface area contributed by atoms with Crippen molar-refractivity contribution >= 4 is 16.9 Å². The molecule has 2 fully saturated rings. The molecule has 200 valence electrons. The lowest BCUT2D eigenvalue weighted by molar-refractivity contribution is -0.145. The molecule has 0 aliphatic carbocycles. The van der Waals surface area contributed by atoms with Crippen molar-refractivity contribution in [1.29, 1.82) is 5.26 Å². The lowest BCUT2D eigenvalue weighted by atomic mass is 9.83. The van der Waals surface area contributed by atoms with Gasteiger partial charge >= 0.3 is 6.18 Å². The van der Waals surface area contributed by atoms with Crippen molar-refractivity contribution < 1.29 is 18.0 Å². The van der Waals surface area contributed by atoms with Crippen molar-refractivity contribution in [1.82, 2.24) is 39.3 Å². The fourth-order valence-electron chi connectivity index (χ4n) is 5.63. The van der Waals surface area contributed by atoms with Crippen molar-refractivity contribution in [2.45, 2.75) is 37.0 Å². The predicted octanol–water partition coefficient (Wildman–Crippen LogP) is 3.46. The van der Waals surface area contributed by atoms with Gasteiger partial charge in [-0.1, -0.05) is 0 Å². The molecule has 39 heavy (non-hydrogen) atoms. The Balaban J connectivity index is 1.11. The Morgan fingerprint density at radius 3 is 2.69 bits per heavy atom. The molecule has 13 heteroatoms. The first-order valence-electron chi connectivity index (χ1n) is 12.5. The maximum absolute atomic E-state index is 13.0. The molecule has 0 saturated carbocycles. The summed E-state index contributed by atoms with van der Waals surface area (Å²) in [5.74, 6) is -1.84. The van der Waals surface area contributed by atoms with Crippen molar-refractivity contribution in [3.8, 4) is 17.3 Å². The number of hydrogen-bond acceptors (Lipinski definition) is 7. The van der Waals surface area contributed by atoms with Gasteiger partial charge in [0.2, 0.25) is 5.82 Å². The minimum Gasteiger partial charge on any atom is -0.346 e. The molecule has 0 aromatic carbocycles. The predicted molar refractivity (Wildman–Crippen MR) is 133 cm³/mol. The van der Waals surface area contributed by atoms with Crippen LogP contribution in [0.4, 0.5) is 13.2 Å². The Kier molecular flexibility index (Phi) is 6.06. The number of hydrogen-bond donors (Lipinski definition) is 1. The molecule has 0 atom stereocenters. The standard InChI is InChI=1S/C26H24F3N9O/c27-26(28,29)24-32-9-2-20(35-24)23(39)36-10-4-18(5-11-36)37-14-25(15-37,6-7-30)38-12-3-17(13-38)21-19-1-8-31-22(19)34-16-33-21/h1-3,8-9,12-13,16,18H,4-6,10-11,14-15H2,(H,31,33,34). The van der Waals surface area contributed by atoms with Crippen LogP contribution in [-0.4, -0.2) is 77.4 Å². The maximum atomic E-state index is 13.0. The molecule has 6 heterocycles. The van der Waals surface area contributed by atoms with Gasteiger partial charge in [-0.25, -0.2) is 19.9 Å². The highest BCUT2D eigenvalue weighted by Crippen LogP contribution is 2.38. The third kappa shape index (κ3) is 4.50. The highest BCUT2D eigenvalue weighted by atomic mass is 19.4. The summed E-state index contributed by atoms with van der Waals surface area (Å²) in [5.41, 5.74) is 1.92. The topological polar surface area (TPSA) is 120 Å². The molecule has 4 aromatic rings. The van der Waals surface area contributed by atoms with Crippen molar-refractivity contribution in [3.05, 3.63) is 60.8 Å². The van der Waals surface area contributed by atoms with Crippen LogP contribution in [0.1, 0.15) is 35.6 Å². The molecule has 10 nitrogen and oxygen atoms in total. The third-order valence-electron chi connectivity index (χ3n) is 7.67. The smallest absolute Gasteiger partial charge is 0.346 e. The Labute approximate surface area is 221 Å². The number of aromatic amines is 1. The summed E-state index contributed by atoms with van der Waals surface area (Å²) in [6.07, 6.45) is 5.36. The summed E-state index contributed by atoms with van der Waals surface area (Å²) in [4.78, 5) is 35.1. The van der Waals surface area contributed by atoms with E-state index in [9.17, 15) is 23.2 Å². The molecule has 0 bridgehead atoms. The van der Waals surface area contributed by atoms with Crippen LogP contribution in [0, 0.1) is 11.3 Å². The van der Waals surface area contributed by atoms with E-state index in [1.54, 1.807) is 4.90 Å². The second-order valence-electron chi connectivity index (χ2n) is 10.0. The molecule has 2 aliphatic rings. The summed E-state index contributed by atoms with van der Waals surface area (Å²) in [6, 6.07) is 7.70. The fraction of sp³-hybridized carbons (Fsp3) is 0.385. The van der Waals surface area contributed by atoms with Crippen LogP contribution in [0.2, 0.25) is 0 Å². The Morgan fingerprint density at radius 2 is 1.95 bits per heavy atom. The van der Waals surface area contributed by atoms with Crippen LogP contribution < -0.4 is 0 Å². The molecule has 1 N–H and O–H groups in total. The summed E-state index contributed by atoms with van der Waals surface area (Å²) in [7, 11) is 0. The Hall–Kier alpha value is -4.31. The quantitative estimate of drug-likeness (QED) is 0.416. The van der Waals surface area contributed by atoms with Crippen molar-refractivity contribution in [3.63, 3.8) is 0 Å². The molecular weight excluding hydrogens is 511 g/mol. The first-order valence-corrected chi connectivity index (χ1v) is 12.5. The second-order valence-corrected chi connectivity index (χ2v) is 10.0. The van der Waals surface area contributed by atoms with Crippen molar-refractivity contribution in [2.24, 2.45) is 0 Å². The zero-order valence-electron chi connectivity index (χ0n) is 20.8. The van der Waals surface area contributed by atoms with E-state index in [0.29, 0.717) is 45.4 Å². The van der Waals surface area contributed by atoms with Crippen LogP contribution in [0.3, 0.4) is 0 Å². The number of H-pyrrole nitrogens is 1. The van der Waals surface area contributed by atoms with Gasteiger partial charge in [-0.3, -0.25) is 9.69 Å². The molecular formula is C26H24F3N9O. The highest BCUT2D eigenvalue weighted by molar-refractivity contribution is 5.92. The van der Waals surface area contributed by atoms with Gasteiger partial charge in [0.25, 0.3) is 5.91 Å². The number of fused-ring (bicyclic) bond motifs is 1. The van der Waals surface area contributed by atoms with E-state index in [-0.39, 0.29) is 17.3 Å². The number of amides is 1. The van der Waals surface area contributed by atoms with Crippen LogP contribution in [0.25, 0.3) is 22.3 Å². The van der Waals surface area contributed by atoms with Gasteiger partial charge in [-0.15, -0.1) is 0 Å². The number of nitrogens with one attached hydrogen (secondary N) is 1. The number of nitrogens with zero attached hydrogens (tertiary/aromatic N) is 8. The van der Waals surface area contributed by atoms with E-state index in [2.05, 4.69) is 40.5 Å². The molecule has 0 spiro atoms. The molecule has 0 radical (unpaired) electrons. The average Bonchev–Trinajstić information content (AvgIpc) is 3.60. The van der Waals surface area contributed by atoms with E-state index < -0.39 is 17.9 Å². The number of alkyl halides is 3. The Morgan fingerprint density at radius 1 is 1.15 bits per heavy atom. The normalized spacial score (nSPS) is 18.2. The number of carbonyl (C=O) groups excluding carboxylic acids is 1. The van der Waals surface area contributed by atoms with Crippen LogP contribution in [0.15, 0.2) is 49.3 Å². The zero-order valence-corrected chi connectivity index (χ0v) is 20.8. The van der Waals surface area contributed by atoms with Gasteiger partial charge < -0.3 is 14.5 Å². The van der Waals surface area contributed by atoms with Crippen LogP contribution >= 0.6 is 0 Å². The minimum atomic E-state index is -4.71.